The summed E-state index contributed by atoms with van der Waals surface area (Å²) in [5, 5.41) is 14.1. The fraction of sp³-hybridized carbons (Fsp3) is 0.833. The van der Waals surface area contributed by atoms with E-state index >= 15 is 0 Å². The van der Waals surface area contributed by atoms with E-state index < -0.39 is 17.5 Å². The number of hydrogen-bond acceptors (Lipinski definition) is 3. The number of hydrogen-bond donors (Lipinski definition) is 3. The Morgan fingerprint density at radius 1 is 1.39 bits per heavy atom. The molecule has 1 fully saturated rings. The minimum atomic E-state index is -1.28. The topological polar surface area (TPSA) is 87.7 Å². The Morgan fingerprint density at radius 2 is 1.94 bits per heavy atom. The van der Waals surface area contributed by atoms with Crippen LogP contribution in [0, 0.1) is 5.41 Å². The van der Waals surface area contributed by atoms with Crippen molar-refractivity contribution in [3.63, 3.8) is 0 Å². The number of amides is 2. The highest BCUT2D eigenvalue weighted by Crippen LogP contribution is 2.42. The molecule has 2 amide bonds. The van der Waals surface area contributed by atoms with Gasteiger partial charge in [-0.3, -0.25) is 0 Å². The van der Waals surface area contributed by atoms with E-state index in [1.165, 1.54) is 13.8 Å². The van der Waals surface area contributed by atoms with Crippen molar-refractivity contribution in [3.8, 4) is 0 Å². The molecule has 1 saturated carbocycles. The van der Waals surface area contributed by atoms with Gasteiger partial charge in [0.15, 0.2) is 0 Å². The van der Waals surface area contributed by atoms with E-state index in [0.717, 1.165) is 6.42 Å². The maximum atomic E-state index is 11.7. The van der Waals surface area contributed by atoms with Crippen LogP contribution in [0.3, 0.4) is 0 Å². The summed E-state index contributed by atoms with van der Waals surface area (Å²) in [5.41, 5.74) is -1.42. The molecule has 2 atom stereocenters. The first-order valence-electron chi connectivity index (χ1n) is 5.96. The van der Waals surface area contributed by atoms with Gasteiger partial charge in [0, 0.05) is 18.6 Å². The third kappa shape index (κ3) is 2.75. The van der Waals surface area contributed by atoms with Crippen molar-refractivity contribution in [2.75, 3.05) is 7.11 Å². The summed E-state index contributed by atoms with van der Waals surface area (Å²) in [6.45, 7) is 6.91. The molecule has 1 rings (SSSR count). The number of carboxylic acid groups (broad SMARTS) is 1. The number of methoxy groups -OCH3 is 1. The molecule has 6 heteroatoms. The minimum absolute atomic E-state index is 0.00737. The fourth-order valence-corrected chi connectivity index (χ4v) is 2.06. The molecule has 0 radical (unpaired) electrons. The standard InChI is InChI=1S/C12H22N2O4/c1-11(2)7(6-8(11)18-5)13-10(17)14-12(3,4)9(15)16/h7-8H,6H2,1-5H3,(H,15,16)(H2,13,14,17). The van der Waals surface area contributed by atoms with E-state index in [4.69, 9.17) is 9.84 Å². The Labute approximate surface area is 107 Å². The summed E-state index contributed by atoms with van der Waals surface area (Å²) < 4.78 is 5.29. The molecule has 0 aliphatic heterocycles. The van der Waals surface area contributed by atoms with Crippen molar-refractivity contribution in [2.45, 2.75) is 51.8 Å². The van der Waals surface area contributed by atoms with Gasteiger partial charge in [-0.15, -0.1) is 0 Å². The van der Waals surface area contributed by atoms with Crippen LogP contribution < -0.4 is 10.6 Å². The number of urea groups is 1. The first-order chi connectivity index (χ1) is 8.11. The average molecular weight is 258 g/mol. The summed E-state index contributed by atoms with van der Waals surface area (Å²) in [7, 11) is 1.65. The SMILES string of the molecule is COC1CC(NC(=O)NC(C)(C)C(=O)O)C1(C)C. The molecule has 0 aromatic rings. The van der Waals surface area contributed by atoms with E-state index in [2.05, 4.69) is 10.6 Å². The molecule has 2 unspecified atom stereocenters. The number of carbonyl (C=O) groups excluding carboxylic acids is 1. The van der Waals surface area contributed by atoms with Gasteiger partial charge in [-0.25, -0.2) is 9.59 Å². The third-order valence-electron chi connectivity index (χ3n) is 3.73. The van der Waals surface area contributed by atoms with Gasteiger partial charge in [0.25, 0.3) is 0 Å². The summed E-state index contributed by atoms with van der Waals surface area (Å²) in [5.74, 6) is -1.07. The van der Waals surface area contributed by atoms with Crippen LogP contribution in [-0.2, 0) is 9.53 Å². The lowest BCUT2D eigenvalue weighted by Crippen LogP contribution is -2.65. The predicted molar refractivity (Wildman–Crippen MR) is 66.4 cm³/mol. The van der Waals surface area contributed by atoms with E-state index in [1.807, 2.05) is 13.8 Å². The second-order valence-corrected chi connectivity index (χ2v) is 5.86. The summed E-state index contributed by atoms with van der Waals surface area (Å²) >= 11 is 0. The van der Waals surface area contributed by atoms with Crippen molar-refractivity contribution in [2.24, 2.45) is 5.41 Å². The van der Waals surface area contributed by atoms with Crippen LogP contribution >= 0.6 is 0 Å². The van der Waals surface area contributed by atoms with Gasteiger partial charge in [-0.05, 0) is 20.3 Å². The summed E-state index contributed by atoms with van der Waals surface area (Å²) in [6.07, 6.45) is 0.861. The third-order valence-corrected chi connectivity index (χ3v) is 3.73. The molecule has 1 aliphatic carbocycles. The maximum absolute atomic E-state index is 11.7. The zero-order chi connectivity index (χ0) is 14.1. The van der Waals surface area contributed by atoms with Crippen LogP contribution in [-0.4, -0.2) is 41.9 Å². The van der Waals surface area contributed by atoms with Gasteiger partial charge in [0.05, 0.1) is 6.10 Å². The second-order valence-electron chi connectivity index (χ2n) is 5.86. The van der Waals surface area contributed by atoms with Gasteiger partial charge in [0.1, 0.15) is 5.54 Å². The number of carbonyl (C=O) groups is 2. The quantitative estimate of drug-likeness (QED) is 0.701. The lowest BCUT2D eigenvalue weighted by molar-refractivity contribution is -0.143. The Hall–Kier alpha value is -1.30. The molecule has 104 valence electrons. The maximum Gasteiger partial charge on any atom is 0.328 e. The Balaban J connectivity index is 2.51. The van der Waals surface area contributed by atoms with Gasteiger partial charge in [0.2, 0.25) is 0 Å². The minimum Gasteiger partial charge on any atom is -0.480 e. The largest absolute Gasteiger partial charge is 0.480 e. The van der Waals surface area contributed by atoms with E-state index in [0.29, 0.717) is 0 Å². The average Bonchev–Trinajstić information content (AvgIpc) is 2.22. The lowest BCUT2D eigenvalue weighted by atomic mass is 9.64. The fourth-order valence-electron chi connectivity index (χ4n) is 2.06. The lowest BCUT2D eigenvalue weighted by Gasteiger charge is -2.51. The first-order valence-corrected chi connectivity index (χ1v) is 5.96. The van der Waals surface area contributed by atoms with Crippen molar-refractivity contribution in [1.82, 2.24) is 10.6 Å². The van der Waals surface area contributed by atoms with Crippen LogP contribution in [0.15, 0.2) is 0 Å². The Morgan fingerprint density at radius 3 is 2.33 bits per heavy atom. The van der Waals surface area contributed by atoms with Gasteiger partial charge in [-0.2, -0.15) is 0 Å². The van der Waals surface area contributed by atoms with Crippen LogP contribution in [0.25, 0.3) is 0 Å². The molecule has 0 spiro atoms. The van der Waals surface area contributed by atoms with Crippen LogP contribution in [0.1, 0.15) is 34.1 Å². The molecule has 0 bridgehead atoms. The molecule has 3 N–H and O–H groups in total. The highest BCUT2D eigenvalue weighted by molar-refractivity contribution is 5.85. The predicted octanol–water partition coefficient (Wildman–Crippen LogP) is 0.962. The Bertz CT molecular complexity index is 352. The van der Waals surface area contributed by atoms with Crippen molar-refractivity contribution in [1.29, 1.82) is 0 Å². The molecular formula is C12H22N2O4. The zero-order valence-corrected chi connectivity index (χ0v) is 11.5. The zero-order valence-electron chi connectivity index (χ0n) is 11.5. The molecular weight excluding hydrogens is 236 g/mol. The van der Waals surface area contributed by atoms with Gasteiger partial charge in [-0.1, -0.05) is 13.8 Å². The number of rotatable bonds is 4. The van der Waals surface area contributed by atoms with E-state index in [-0.39, 0.29) is 17.6 Å². The smallest absolute Gasteiger partial charge is 0.328 e. The monoisotopic (exact) mass is 258 g/mol. The summed E-state index contributed by atoms with van der Waals surface area (Å²) in [6, 6.07) is -0.470. The number of nitrogens with one attached hydrogen (secondary N) is 2. The highest BCUT2D eigenvalue weighted by atomic mass is 16.5. The molecule has 0 saturated heterocycles. The van der Waals surface area contributed by atoms with Crippen LogP contribution in [0.5, 0.6) is 0 Å². The second kappa shape index (κ2) is 4.76. The molecule has 0 aromatic heterocycles. The van der Waals surface area contributed by atoms with Crippen molar-refractivity contribution in [3.05, 3.63) is 0 Å². The molecule has 0 heterocycles. The summed E-state index contributed by atoms with van der Waals surface area (Å²) in [4.78, 5) is 22.6. The van der Waals surface area contributed by atoms with Crippen molar-refractivity contribution >= 4 is 12.0 Å². The Kier molecular flexibility index (Phi) is 3.90. The highest BCUT2D eigenvalue weighted by Gasteiger charge is 2.49. The van der Waals surface area contributed by atoms with Gasteiger partial charge < -0.3 is 20.5 Å². The molecule has 1 aliphatic rings. The number of carboxylic acids is 1. The van der Waals surface area contributed by atoms with Gasteiger partial charge >= 0.3 is 12.0 Å². The van der Waals surface area contributed by atoms with Crippen LogP contribution in [0.2, 0.25) is 0 Å². The van der Waals surface area contributed by atoms with Crippen molar-refractivity contribution < 1.29 is 19.4 Å². The molecule has 0 aromatic carbocycles. The normalized spacial score (nSPS) is 26.1. The number of ether oxygens (including phenoxy) is 1. The number of aliphatic carboxylic acids is 1. The van der Waals surface area contributed by atoms with E-state index in [1.54, 1.807) is 7.11 Å². The molecule has 6 nitrogen and oxygen atoms in total. The first kappa shape index (κ1) is 14.8. The molecule has 18 heavy (non-hydrogen) atoms. The van der Waals surface area contributed by atoms with Crippen LogP contribution in [0.4, 0.5) is 4.79 Å². The van der Waals surface area contributed by atoms with E-state index in [9.17, 15) is 9.59 Å².